The number of nitrogens with one attached hydrogen (secondary N) is 1. The van der Waals surface area contributed by atoms with Crippen molar-refractivity contribution in [1.29, 1.82) is 0 Å². The molecule has 13 heavy (non-hydrogen) atoms. The predicted octanol–water partition coefficient (Wildman–Crippen LogP) is 1.98. The second-order valence-electron chi connectivity index (χ2n) is 2.78. The van der Waals surface area contributed by atoms with Gasteiger partial charge >= 0.3 is 0 Å². The van der Waals surface area contributed by atoms with Gasteiger partial charge < -0.3 is 10.4 Å². The molecule has 2 aromatic rings. The van der Waals surface area contributed by atoms with E-state index in [9.17, 15) is 5.11 Å². The number of benzene rings is 1. The molecule has 0 saturated heterocycles. The van der Waals surface area contributed by atoms with Crippen LogP contribution in [0.5, 0.6) is 5.75 Å². The molecule has 0 radical (unpaired) electrons. The number of nitrogens with zero attached hydrogens (tertiary/aromatic N) is 1. The molecule has 66 valence electrons. The van der Waals surface area contributed by atoms with E-state index < -0.39 is 0 Å². The van der Waals surface area contributed by atoms with Gasteiger partial charge in [-0.2, -0.15) is 0 Å². The molecule has 2 N–H and O–H groups in total. The molecule has 3 heteroatoms. The smallest absolute Gasteiger partial charge is 0.125 e. The standard InChI is InChI=1S/C10H10N2O/c1-11-8-4-5-9(13)7-3-2-6-12-10(7)8/h2-6,11,13H,1H3. The second kappa shape index (κ2) is 2.94. The van der Waals surface area contributed by atoms with Gasteiger partial charge in [0.05, 0.1) is 11.2 Å². The van der Waals surface area contributed by atoms with Crippen LogP contribution in [0.3, 0.4) is 0 Å². The molecule has 0 aliphatic rings. The molecular formula is C10H10N2O. The first-order valence-corrected chi connectivity index (χ1v) is 4.07. The zero-order valence-electron chi connectivity index (χ0n) is 7.28. The van der Waals surface area contributed by atoms with Crippen LogP contribution in [0.2, 0.25) is 0 Å². The highest BCUT2D eigenvalue weighted by Gasteiger charge is 2.03. The molecule has 0 bridgehead atoms. The molecule has 0 unspecified atom stereocenters. The summed E-state index contributed by atoms with van der Waals surface area (Å²) in [5.74, 6) is 0.266. The van der Waals surface area contributed by atoms with Crippen LogP contribution in [0.15, 0.2) is 30.5 Å². The van der Waals surface area contributed by atoms with E-state index in [0.717, 1.165) is 16.6 Å². The van der Waals surface area contributed by atoms with Gasteiger partial charge in [0.15, 0.2) is 0 Å². The molecule has 0 spiro atoms. The number of anilines is 1. The summed E-state index contributed by atoms with van der Waals surface area (Å²) >= 11 is 0. The number of pyridine rings is 1. The van der Waals surface area contributed by atoms with Gasteiger partial charge in [-0.1, -0.05) is 0 Å². The van der Waals surface area contributed by atoms with Crippen LogP contribution in [0.4, 0.5) is 5.69 Å². The third kappa shape index (κ3) is 1.18. The van der Waals surface area contributed by atoms with Crippen LogP contribution < -0.4 is 5.32 Å². The Labute approximate surface area is 76.0 Å². The molecule has 0 fully saturated rings. The maximum Gasteiger partial charge on any atom is 0.125 e. The summed E-state index contributed by atoms with van der Waals surface area (Å²) in [6.07, 6.45) is 1.71. The summed E-state index contributed by atoms with van der Waals surface area (Å²) < 4.78 is 0. The van der Waals surface area contributed by atoms with Crippen LogP contribution in [-0.4, -0.2) is 17.1 Å². The monoisotopic (exact) mass is 174 g/mol. The van der Waals surface area contributed by atoms with E-state index >= 15 is 0 Å². The fourth-order valence-electron chi connectivity index (χ4n) is 1.36. The Morgan fingerprint density at radius 3 is 2.92 bits per heavy atom. The zero-order chi connectivity index (χ0) is 9.26. The molecule has 1 aromatic heterocycles. The third-order valence-electron chi connectivity index (χ3n) is 2.02. The molecule has 0 atom stereocenters. The van der Waals surface area contributed by atoms with E-state index in [4.69, 9.17) is 0 Å². The Morgan fingerprint density at radius 2 is 2.15 bits per heavy atom. The van der Waals surface area contributed by atoms with Crippen molar-refractivity contribution in [3.63, 3.8) is 0 Å². The molecule has 3 nitrogen and oxygen atoms in total. The predicted molar refractivity (Wildman–Crippen MR) is 53.0 cm³/mol. The van der Waals surface area contributed by atoms with E-state index in [2.05, 4.69) is 10.3 Å². The fourth-order valence-corrected chi connectivity index (χ4v) is 1.36. The van der Waals surface area contributed by atoms with Crippen molar-refractivity contribution < 1.29 is 5.11 Å². The van der Waals surface area contributed by atoms with Gasteiger partial charge in [-0.15, -0.1) is 0 Å². The average Bonchev–Trinajstić information content (AvgIpc) is 2.19. The van der Waals surface area contributed by atoms with E-state index in [1.807, 2.05) is 25.2 Å². The molecule has 2 rings (SSSR count). The second-order valence-corrected chi connectivity index (χ2v) is 2.78. The first-order chi connectivity index (χ1) is 6.33. The fraction of sp³-hybridized carbons (Fsp3) is 0.100. The minimum atomic E-state index is 0.266. The van der Waals surface area contributed by atoms with Crippen molar-refractivity contribution in [3.05, 3.63) is 30.5 Å². The van der Waals surface area contributed by atoms with Gasteiger partial charge in [-0.25, -0.2) is 0 Å². The van der Waals surface area contributed by atoms with Gasteiger partial charge in [0.2, 0.25) is 0 Å². The maximum atomic E-state index is 9.52. The highest BCUT2D eigenvalue weighted by Crippen LogP contribution is 2.28. The molecule has 1 aromatic carbocycles. The lowest BCUT2D eigenvalue weighted by molar-refractivity contribution is 0.481. The summed E-state index contributed by atoms with van der Waals surface area (Å²) in [6.45, 7) is 0. The molecule has 0 saturated carbocycles. The number of aromatic nitrogens is 1. The van der Waals surface area contributed by atoms with Crippen molar-refractivity contribution in [2.75, 3.05) is 12.4 Å². The molecule has 0 aliphatic heterocycles. The van der Waals surface area contributed by atoms with Crippen molar-refractivity contribution >= 4 is 16.6 Å². The highest BCUT2D eigenvalue weighted by atomic mass is 16.3. The van der Waals surface area contributed by atoms with E-state index in [-0.39, 0.29) is 5.75 Å². The zero-order valence-corrected chi connectivity index (χ0v) is 7.28. The van der Waals surface area contributed by atoms with E-state index in [1.54, 1.807) is 12.3 Å². The van der Waals surface area contributed by atoms with Gasteiger partial charge in [-0.05, 0) is 24.3 Å². The minimum Gasteiger partial charge on any atom is -0.507 e. The first-order valence-electron chi connectivity index (χ1n) is 4.07. The highest BCUT2D eigenvalue weighted by molar-refractivity contribution is 5.94. The number of hydrogen-bond acceptors (Lipinski definition) is 3. The largest absolute Gasteiger partial charge is 0.507 e. The van der Waals surface area contributed by atoms with Crippen molar-refractivity contribution in [2.45, 2.75) is 0 Å². The number of fused-ring (bicyclic) bond motifs is 1. The molecule has 0 amide bonds. The number of aromatic hydroxyl groups is 1. The molecule has 0 aliphatic carbocycles. The Kier molecular flexibility index (Phi) is 1.77. The van der Waals surface area contributed by atoms with Crippen LogP contribution in [0.1, 0.15) is 0 Å². The number of phenolic OH excluding ortho intramolecular Hbond substituents is 1. The quantitative estimate of drug-likeness (QED) is 0.650. The summed E-state index contributed by atoms with van der Waals surface area (Å²) in [5, 5.41) is 13.3. The van der Waals surface area contributed by atoms with Crippen molar-refractivity contribution in [3.8, 4) is 5.75 Å². The van der Waals surface area contributed by atoms with Gasteiger partial charge in [0.25, 0.3) is 0 Å². The topological polar surface area (TPSA) is 45.1 Å². The Hall–Kier alpha value is -1.77. The SMILES string of the molecule is CNc1ccc(O)c2cccnc12. The lowest BCUT2D eigenvalue weighted by atomic mass is 10.2. The summed E-state index contributed by atoms with van der Waals surface area (Å²) in [7, 11) is 1.83. The Balaban J connectivity index is 2.84. The summed E-state index contributed by atoms with van der Waals surface area (Å²) in [4.78, 5) is 4.19. The van der Waals surface area contributed by atoms with Crippen molar-refractivity contribution in [2.24, 2.45) is 0 Å². The maximum absolute atomic E-state index is 9.52. The van der Waals surface area contributed by atoms with Crippen LogP contribution in [0.25, 0.3) is 10.9 Å². The van der Waals surface area contributed by atoms with Gasteiger partial charge in [0.1, 0.15) is 5.75 Å². The lowest BCUT2D eigenvalue weighted by Crippen LogP contribution is -1.90. The lowest BCUT2D eigenvalue weighted by Gasteiger charge is -2.05. The normalized spacial score (nSPS) is 10.2. The number of rotatable bonds is 1. The Bertz CT molecular complexity index is 440. The average molecular weight is 174 g/mol. The van der Waals surface area contributed by atoms with Crippen LogP contribution in [0, 0.1) is 0 Å². The first kappa shape index (κ1) is 7.86. The minimum absolute atomic E-state index is 0.266. The van der Waals surface area contributed by atoms with Crippen LogP contribution >= 0.6 is 0 Å². The van der Waals surface area contributed by atoms with E-state index in [0.29, 0.717) is 0 Å². The summed E-state index contributed by atoms with van der Waals surface area (Å²) in [6, 6.07) is 7.13. The number of phenols is 1. The van der Waals surface area contributed by atoms with Crippen LogP contribution in [-0.2, 0) is 0 Å². The van der Waals surface area contributed by atoms with Gasteiger partial charge in [0, 0.05) is 18.6 Å². The van der Waals surface area contributed by atoms with Gasteiger partial charge in [-0.3, -0.25) is 4.98 Å². The van der Waals surface area contributed by atoms with Crippen molar-refractivity contribution in [1.82, 2.24) is 4.98 Å². The Morgan fingerprint density at radius 1 is 1.31 bits per heavy atom. The number of hydrogen-bond donors (Lipinski definition) is 2. The third-order valence-corrected chi connectivity index (χ3v) is 2.02. The molecule has 1 heterocycles. The molecular weight excluding hydrogens is 164 g/mol. The summed E-state index contributed by atoms with van der Waals surface area (Å²) in [5.41, 5.74) is 1.72. The van der Waals surface area contributed by atoms with E-state index in [1.165, 1.54) is 0 Å².